The summed E-state index contributed by atoms with van der Waals surface area (Å²) >= 11 is 5.70. The zero-order chi connectivity index (χ0) is 10.9. The lowest BCUT2D eigenvalue weighted by Gasteiger charge is -2.17. The summed E-state index contributed by atoms with van der Waals surface area (Å²) in [4.78, 5) is 14.8. The third-order valence-corrected chi connectivity index (χ3v) is 2.12. The van der Waals surface area contributed by atoms with Crippen molar-refractivity contribution in [2.24, 2.45) is 0 Å². The highest BCUT2D eigenvalue weighted by Crippen LogP contribution is 2.23. The first kappa shape index (κ1) is 11.0. The molecule has 1 aromatic heterocycles. The lowest BCUT2D eigenvalue weighted by molar-refractivity contribution is 0.0690. The van der Waals surface area contributed by atoms with Gasteiger partial charge in [0, 0.05) is 11.1 Å². The van der Waals surface area contributed by atoms with Crippen LogP contribution in [0.3, 0.4) is 0 Å². The van der Waals surface area contributed by atoms with Gasteiger partial charge in [0.1, 0.15) is 0 Å². The minimum atomic E-state index is -1.10. The van der Waals surface area contributed by atoms with Crippen LogP contribution in [0, 0.1) is 0 Å². The normalized spacial score (nSPS) is 11.4. The van der Waals surface area contributed by atoms with Crippen molar-refractivity contribution in [3.05, 3.63) is 28.5 Å². The number of hydrogen-bond acceptors (Lipinski definition) is 2. The molecule has 1 heterocycles. The smallest absolute Gasteiger partial charge is 0.356 e. The summed E-state index contributed by atoms with van der Waals surface area (Å²) in [6.07, 6.45) is 0. The van der Waals surface area contributed by atoms with Crippen LogP contribution in [0.15, 0.2) is 12.1 Å². The molecule has 0 spiro atoms. The van der Waals surface area contributed by atoms with Crippen LogP contribution in [0.5, 0.6) is 0 Å². The second-order valence-corrected chi connectivity index (χ2v) is 4.49. The highest BCUT2D eigenvalue weighted by atomic mass is 35.5. The predicted molar refractivity (Wildman–Crippen MR) is 54.9 cm³/mol. The van der Waals surface area contributed by atoms with Gasteiger partial charge in [-0.15, -0.1) is 0 Å². The monoisotopic (exact) mass is 213 g/mol. The highest BCUT2D eigenvalue weighted by molar-refractivity contribution is 6.33. The molecule has 1 N–H and O–H groups in total. The maximum absolute atomic E-state index is 10.8. The van der Waals surface area contributed by atoms with E-state index in [0.717, 1.165) is 5.69 Å². The average molecular weight is 214 g/mol. The van der Waals surface area contributed by atoms with Gasteiger partial charge in [-0.3, -0.25) is 0 Å². The van der Waals surface area contributed by atoms with Gasteiger partial charge in [-0.05, 0) is 12.1 Å². The van der Waals surface area contributed by atoms with Crippen LogP contribution in [0.4, 0.5) is 0 Å². The van der Waals surface area contributed by atoms with Crippen LogP contribution >= 0.6 is 11.6 Å². The Balaban J connectivity index is 3.27. The number of aromatic nitrogens is 1. The Bertz CT molecular complexity index is 369. The van der Waals surface area contributed by atoms with E-state index in [2.05, 4.69) is 4.98 Å². The van der Waals surface area contributed by atoms with Crippen LogP contribution in [0.1, 0.15) is 37.0 Å². The molecule has 0 atom stereocenters. The molecule has 0 saturated carbocycles. The van der Waals surface area contributed by atoms with Crippen LogP contribution in [-0.4, -0.2) is 16.1 Å². The SMILES string of the molecule is CC(C)(C)c1ccc(Cl)c(C(=O)O)n1. The molecule has 0 unspecified atom stereocenters. The van der Waals surface area contributed by atoms with Crippen molar-refractivity contribution in [3.63, 3.8) is 0 Å². The molecular weight excluding hydrogens is 202 g/mol. The molecule has 1 rings (SSSR count). The largest absolute Gasteiger partial charge is 0.476 e. The van der Waals surface area contributed by atoms with Gasteiger partial charge in [0.25, 0.3) is 0 Å². The average Bonchev–Trinajstić information content (AvgIpc) is 2.02. The Morgan fingerprint density at radius 3 is 2.43 bits per heavy atom. The first-order valence-electron chi connectivity index (χ1n) is 4.22. The van der Waals surface area contributed by atoms with Gasteiger partial charge in [0.2, 0.25) is 0 Å². The molecule has 1 aromatic rings. The first-order valence-corrected chi connectivity index (χ1v) is 4.60. The number of carboxylic acid groups (broad SMARTS) is 1. The molecule has 0 fully saturated rings. The summed E-state index contributed by atoms with van der Waals surface area (Å²) in [5.74, 6) is -1.10. The Morgan fingerprint density at radius 2 is 2.00 bits per heavy atom. The number of aromatic carboxylic acids is 1. The minimum Gasteiger partial charge on any atom is -0.476 e. The van der Waals surface area contributed by atoms with Crippen molar-refractivity contribution in [2.75, 3.05) is 0 Å². The number of halogens is 1. The van der Waals surface area contributed by atoms with Gasteiger partial charge < -0.3 is 5.11 Å². The Hall–Kier alpha value is -1.09. The lowest BCUT2D eigenvalue weighted by atomic mass is 9.91. The molecule has 4 heteroatoms. The second kappa shape index (κ2) is 3.58. The van der Waals surface area contributed by atoms with E-state index in [1.807, 2.05) is 20.8 Å². The number of carbonyl (C=O) groups is 1. The summed E-state index contributed by atoms with van der Waals surface area (Å²) in [7, 11) is 0. The van der Waals surface area contributed by atoms with Gasteiger partial charge in [-0.25, -0.2) is 9.78 Å². The summed E-state index contributed by atoms with van der Waals surface area (Å²) < 4.78 is 0. The van der Waals surface area contributed by atoms with Gasteiger partial charge in [-0.1, -0.05) is 32.4 Å². The number of carboxylic acids is 1. The maximum atomic E-state index is 10.8. The van der Waals surface area contributed by atoms with Gasteiger partial charge in [0.05, 0.1) is 5.02 Å². The quantitative estimate of drug-likeness (QED) is 0.781. The standard InChI is InChI=1S/C10H12ClNO2/c1-10(2,3)7-5-4-6(11)8(12-7)9(13)14/h4-5H,1-3H3,(H,13,14). The minimum absolute atomic E-state index is 0.0842. The topological polar surface area (TPSA) is 50.2 Å². The third kappa shape index (κ3) is 2.23. The van der Waals surface area contributed by atoms with Crippen molar-refractivity contribution in [3.8, 4) is 0 Å². The maximum Gasteiger partial charge on any atom is 0.356 e. The van der Waals surface area contributed by atoms with E-state index in [-0.39, 0.29) is 16.1 Å². The molecule has 3 nitrogen and oxygen atoms in total. The molecule has 0 aromatic carbocycles. The summed E-state index contributed by atoms with van der Waals surface area (Å²) in [6.45, 7) is 5.90. The molecule has 14 heavy (non-hydrogen) atoms. The van der Waals surface area contributed by atoms with Gasteiger partial charge >= 0.3 is 5.97 Å². The van der Waals surface area contributed by atoms with Crippen LogP contribution in [0.25, 0.3) is 0 Å². The molecular formula is C10H12ClNO2. The Labute approximate surface area is 87.7 Å². The number of hydrogen-bond donors (Lipinski definition) is 1. The fourth-order valence-corrected chi connectivity index (χ4v) is 1.20. The number of rotatable bonds is 1. The third-order valence-electron chi connectivity index (χ3n) is 1.82. The number of pyridine rings is 1. The van der Waals surface area contributed by atoms with E-state index in [1.54, 1.807) is 12.1 Å². The highest BCUT2D eigenvalue weighted by Gasteiger charge is 2.19. The van der Waals surface area contributed by atoms with E-state index in [1.165, 1.54) is 0 Å². The van der Waals surface area contributed by atoms with Crippen molar-refractivity contribution in [1.82, 2.24) is 4.98 Å². The number of nitrogens with zero attached hydrogens (tertiary/aromatic N) is 1. The van der Waals surface area contributed by atoms with Crippen molar-refractivity contribution in [1.29, 1.82) is 0 Å². The summed E-state index contributed by atoms with van der Waals surface area (Å²) in [5.41, 5.74) is 0.466. The van der Waals surface area contributed by atoms with E-state index >= 15 is 0 Å². The van der Waals surface area contributed by atoms with E-state index < -0.39 is 5.97 Å². The molecule has 0 saturated heterocycles. The van der Waals surface area contributed by atoms with Gasteiger partial charge in [0.15, 0.2) is 5.69 Å². The first-order chi connectivity index (χ1) is 6.32. The summed E-state index contributed by atoms with van der Waals surface area (Å²) in [5, 5.41) is 8.98. The van der Waals surface area contributed by atoms with Crippen molar-refractivity contribution < 1.29 is 9.90 Å². The van der Waals surface area contributed by atoms with Crippen LogP contribution in [-0.2, 0) is 5.41 Å². The predicted octanol–water partition coefficient (Wildman–Crippen LogP) is 2.73. The molecule has 76 valence electrons. The van der Waals surface area contributed by atoms with Crippen molar-refractivity contribution >= 4 is 17.6 Å². The molecule has 0 bridgehead atoms. The Kier molecular flexibility index (Phi) is 2.81. The Morgan fingerprint density at radius 1 is 1.43 bits per heavy atom. The zero-order valence-electron chi connectivity index (χ0n) is 8.34. The van der Waals surface area contributed by atoms with Crippen LogP contribution in [0.2, 0.25) is 5.02 Å². The molecule has 0 radical (unpaired) electrons. The van der Waals surface area contributed by atoms with E-state index in [9.17, 15) is 4.79 Å². The zero-order valence-corrected chi connectivity index (χ0v) is 9.09. The van der Waals surface area contributed by atoms with Crippen LogP contribution < -0.4 is 0 Å². The van der Waals surface area contributed by atoms with Crippen molar-refractivity contribution in [2.45, 2.75) is 26.2 Å². The molecule has 0 aliphatic heterocycles. The van der Waals surface area contributed by atoms with E-state index in [0.29, 0.717) is 0 Å². The molecule has 0 aliphatic rings. The fraction of sp³-hybridized carbons (Fsp3) is 0.400. The molecule has 0 amide bonds. The molecule has 0 aliphatic carbocycles. The second-order valence-electron chi connectivity index (χ2n) is 4.08. The van der Waals surface area contributed by atoms with Gasteiger partial charge in [-0.2, -0.15) is 0 Å². The van der Waals surface area contributed by atoms with E-state index in [4.69, 9.17) is 16.7 Å². The summed E-state index contributed by atoms with van der Waals surface area (Å²) in [6, 6.07) is 3.31. The lowest BCUT2D eigenvalue weighted by Crippen LogP contribution is -2.16. The fourth-order valence-electron chi connectivity index (χ4n) is 1.01.